The van der Waals surface area contributed by atoms with E-state index in [1.165, 1.54) is 6.07 Å². The van der Waals surface area contributed by atoms with Crippen molar-refractivity contribution in [3.05, 3.63) is 77.4 Å². The smallest absolute Gasteiger partial charge is 0.182 e. The number of halogens is 1. The third kappa shape index (κ3) is 6.23. The predicted octanol–water partition coefficient (Wildman–Crippen LogP) is 5.16. The normalized spacial score (nSPS) is 14.6. The Bertz CT molecular complexity index is 830. The zero-order valence-electron chi connectivity index (χ0n) is 18.3. The van der Waals surface area contributed by atoms with Gasteiger partial charge in [-0.2, -0.15) is 0 Å². The summed E-state index contributed by atoms with van der Waals surface area (Å²) >= 11 is 0. The van der Waals surface area contributed by atoms with E-state index in [0.717, 1.165) is 48.4 Å². The fourth-order valence-electron chi connectivity index (χ4n) is 3.75. The Morgan fingerprint density at radius 1 is 1.17 bits per heavy atom. The van der Waals surface area contributed by atoms with Gasteiger partial charge in [0.15, 0.2) is 5.88 Å². The quantitative estimate of drug-likeness (QED) is 0.577. The summed E-state index contributed by atoms with van der Waals surface area (Å²) in [5, 5.41) is 3.41. The van der Waals surface area contributed by atoms with E-state index in [0.29, 0.717) is 25.1 Å². The van der Waals surface area contributed by atoms with Crippen molar-refractivity contribution in [2.45, 2.75) is 58.9 Å². The summed E-state index contributed by atoms with van der Waals surface area (Å²) in [6.07, 6.45) is 2.22. The van der Waals surface area contributed by atoms with E-state index in [9.17, 15) is 4.39 Å². The van der Waals surface area contributed by atoms with Gasteiger partial charge in [-0.3, -0.25) is 0 Å². The van der Waals surface area contributed by atoms with Crippen molar-refractivity contribution in [1.82, 2.24) is 10.2 Å². The van der Waals surface area contributed by atoms with E-state index in [-0.39, 0.29) is 11.9 Å². The number of hydrogen-bond acceptors (Lipinski definition) is 4. The Labute approximate surface area is 179 Å². The number of nitrogens with one attached hydrogen (secondary N) is 1. The van der Waals surface area contributed by atoms with Crippen LogP contribution in [0.3, 0.4) is 0 Å². The number of ether oxygens (including phenoxy) is 2. The van der Waals surface area contributed by atoms with Crippen molar-refractivity contribution in [1.29, 1.82) is 0 Å². The van der Waals surface area contributed by atoms with Crippen LogP contribution in [0.15, 0.2) is 54.9 Å². The summed E-state index contributed by atoms with van der Waals surface area (Å²) in [6.45, 7) is 13.3. The molecule has 0 spiro atoms. The molecule has 162 valence electrons. The maximum atomic E-state index is 13.5. The van der Waals surface area contributed by atoms with Crippen LogP contribution >= 0.6 is 0 Å². The van der Waals surface area contributed by atoms with Crippen LogP contribution in [0.1, 0.15) is 43.4 Å². The first-order chi connectivity index (χ1) is 14.4. The van der Waals surface area contributed by atoms with Crippen molar-refractivity contribution in [2.75, 3.05) is 13.1 Å². The first kappa shape index (κ1) is 22.2. The third-order valence-electron chi connectivity index (χ3n) is 5.42. The minimum absolute atomic E-state index is 0.153. The van der Waals surface area contributed by atoms with Gasteiger partial charge in [0.05, 0.1) is 6.10 Å². The number of hydrogen-bond donors (Lipinski definition) is 1. The summed E-state index contributed by atoms with van der Waals surface area (Å²) in [5.74, 6) is 1.31. The van der Waals surface area contributed by atoms with Crippen LogP contribution in [0, 0.1) is 12.7 Å². The highest BCUT2D eigenvalue weighted by atomic mass is 19.1. The van der Waals surface area contributed by atoms with Crippen LogP contribution < -0.4 is 10.1 Å². The zero-order valence-corrected chi connectivity index (χ0v) is 18.3. The predicted molar refractivity (Wildman–Crippen MR) is 119 cm³/mol. The summed E-state index contributed by atoms with van der Waals surface area (Å²) < 4.78 is 25.3. The van der Waals surface area contributed by atoms with Crippen molar-refractivity contribution in [3.8, 4) is 5.75 Å². The van der Waals surface area contributed by atoms with Gasteiger partial charge in [0.25, 0.3) is 0 Å². The van der Waals surface area contributed by atoms with Gasteiger partial charge in [-0.25, -0.2) is 4.39 Å². The Kier molecular flexibility index (Phi) is 7.75. The zero-order chi connectivity index (χ0) is 21.5. The molecule has 0 radical (unpaired) electrons. The van der Waals surface area contributed by atoms with E-state index >= 15 is 0 Å². The monoisotopic (exact) mass is 412 g/mol. The molecule has 0 aliphatic carbocycles. The lowest BCUT2D eigenvalue weighted by Gasteiger charge is -2.37. The Morgan fingerprint density at radius 3 is 2.50 bits per heavy atom. The summed E-state index contributed by atoms with van der Waals surface area (Å²) in [6, 6.07) is 13.3. The molecule has 3 rings (SSSR count). The van der Waals surface area contributed by atoms with Gasteiger partial charge in [0.2, 0.25) is 0 Å². The van der Waals surface area contributed by atoms with Crippen LogP contribution in [0.25, 0.3) is 0 Å². The van der Waals surface area contributed by atoms with Gasteiger partial charge in [0, 0.05) is 12.6 Å². The molecule has 1 aliphatic rings. The average Bonchev–Trinajstić information content (AvgIpc) is 2.73. The lowest BCUT2D eigenvalue weighted by atomic mass is 10.0. The molecule has 30 heavy (non-hydrogen) atoms. The first-order valence-electron chi connectivity index (χ1n) is 10.7. The van der Waals surface area contributed by atoms with Gasteiger partial charge in [0.1, 0.15) is 18.2 Å². The largest absolute Gasteiger partial charge is 0.491 e. The number of rotatable bonds is 9. The Hall–Kier alpha value is -2.53. The standard InChI is InChI=1S/C25H33FN2O2/c1-18(2)30-25-9-5-21(6-10-25)17-29-20(4)28(24-11-13-27-14-12-24)16-22-7-8-23(26)15-19(22)3/h5-10,15,18,24,27H,4,11-14,16-17H2,1-3H3. The molecule has 1 N–H and O–H groups in total. The second-order valence-electron chi connectivity index (χ2n) is 8.17. The molecular formula is C25H33FN2O2. The van der Waals surface area contributed by atoms with Crippen molar-refractivity contribution in [3.63, 3.8) is 0 Å². The minimum Gasteiger partial charge on any atom is -0.491 e. The second kappa shape index (κ2) is 10.5. The maximum Gasteiger partial charge on any atom is 0.182 e. The molecule has 4 nitrogen and oxygen atoms in total. The third-order valence-corrected chi connectivity index (χ3v) is 5.42. The lowest BCUT2D eigenvalue weighted by Crippen LogP contribution is -2.42. The molecule has 1 heterocycles. The van der Waals surface area contributed by atoms with Gasteiger partial charge in [-0.15, -0.1) is 0 Å². The SMILES string of the molecule is C=C(OCc1ccc(OC(C)C)cc1)N(Cc1ccc(F)cc1C)C1CCNCC1. The van der Waals surface area contributed by atoms with Crippen LogP contribution in [0.2, 0.25) is 0 Å². The fraction of sp³-hybridized carbons (Fsp3) is 0.440. The van der Waals surface area contributed by atoms with Crippen molar-refractivity contribution < 1.29 is 13.9 Å². The number of nitrogens with zero attached hydrogens (tertiary/aromatic N) is 1. The molecule has 1 fully saturated rings. The Balaban J connectivity index is 1.67. The fourth-order valence-corrected chi connectivity index (χ4v) is 3.75. The molecule has 5 heteroatoms. The first-order valence-corrected chi connectivity index (χ1v) is 10.7. The van der Waals surface area contributed by atoms with Gasteiger partial charge in [-0.05, 0) is 94.2 Å². The maximum absolute atomic E-state index is 13.5. The van der Waals surface area contributed by atoms with Gasteiger partial charge in [-0.1, -0.05) is 18.2 Å². The molecule has 0 atom stereocenters. The minimum atomic E-state index is -0.204. The highest BCUT2D eigenvalue weighted by Gasteiger charge is 2.24. The van der Waals surface area contributed by atoms with Crippen LogP contribution in [-0.4, -0.2) is 30.1 Å². The summed E-state index contributed by atoms with van der Waals surface area (Å²) in [7, 11) is 0. The molecule has 2 aromatic rings. The molecule has 1 saturated heterocycles. The number of aryl methyl sites for hydroxylation is 1. The molecule has 0 bridgehead atoms. The van der Waals surface area contributed by atoms with Crippen molar-refractivity contribution >= 4 is 0 Å². The topological polar surface area (TPSA) is 33.7 Å². The molecule has 0 amide bonds. The van der Waals surface area contributed by atoms with E-state index in [1.807, 2.05) is 51.1 Å². The Morgan fingerprint density at radius 2 is 1.87 bits per heavy atom. The molecule has 0 aromatic heterocycles. The molecule has 2 aromatic carbocycles. The molecule has 0 saturated carbocycles. The molecule has 0 unspecified atom stereocenters. The lowest BCUT2D eigenvalue weighted by molar-refractivity contribution is 0.0617. The average molecular weight is 413 g/mol. The van der Waals surface area contributed by atoms with E-state index in [2.05, 4.69) is 16.8 Å². The van der Waals surface area contributed by atoms with E-state index < -0.39 is 0 Å². The summed E-state index contributed by atoms with van der Waals surface area (Å²) in [4.78, 5) is 2.23. The highest BCUT2D eigenvalue weighted by molar-refractivity contribution is 5.28. The molecule has 1 aliphatic heterocycles. The van der Waals surface area contributed by atoms with Crippen LogP contribution in [0.4, 0.5) is 4.39 Å². The van der Waals surface area contributed by atoms with Crippen LogP contribution in [-0.2, 0) is 17.9 Å². The van der Waals surface area contributed by atoms with E-state index in [1.54, 1.807) is 6.07 Å². The molecular weight excluding hydrogens is 379 g/mol. The second-order valence-corrected chi connectivity index (χ2v) is 8.17. The van der Waals surface area contributed by atoms with Gasteiger partial charge < -0.3 is 19.7 Å². The van der Waals surface area contributed by atoms with Gasteiger partial charge >= 0.3 is 0 Å². The number of benzene rings is 2. The number of piperidine rings is 1. The van der Waals surface area contributed by atoms with Crippen LogP contribution in [0.5, 0.6) is 5.75 Å². The van der Waals surface area contributed by atoms with E-state index in [4.69, 9.17) is 9.47 Å². The summed E-state index contributed by atoms with van der Waals surface area (Å²) in [5.41, 5.74) is 3.10. The highest BCUT2D eigenvalue weighted by Crippen LogP contribution is 2.24. The van der Waals surface area contributed by atoms with Crippen molar-refractivity contribution in [2.24, 2.45) is 0 Å².